The molecule has 0 saturated heterocycles. The minimum atomic E-state index is -0.518. The number of carbonyl (C=O) groups excluding carboxylic acids is 1. The smallest absolute Gasteiger partial charge is 0.328 e. The molecule has 0 aliphatic carbocycles. The average Bonchev–Trinajstić information content (AvgIpc) is 2.78. The summed E-state index contributed by atoms with van der Waals surface area (Å²) in [7, 11) is 0. The van der Waals surface area contributed by atoms with E-state index in [1.165, 1.54) is 16.0 Å². The van der Waals surface area contributed by atoms with E-state index < -0.39 is 5.60 Å². The summed E-state index contributed by atoms with van der Waals surface area (Å²) >= 11 is 1.44. The van der Waals surface area contributed by atoms with Gasteiger partial charge in [-0.1, -0.05) is 0 Å². The summed E-state index contributed by atoms with van der Waals surface area (Å²) in [4.78, 5) is 11.7. The molecule has 2 aromatic heterocycles. The van der Waals surface area contributed by atoms with E-state index in [9.17, 15) is 4.79 Å². The molecule has 0 saturated carbocycles. The standard InChI is InChI=1S/C12H13N3O2S/c1-12(2,3)17-10(16)7-15-9-4-5-18-11(9)8(6-13)14-15/h4-5H,7H2,1-3H3. The average molecular weight is 263 g/mol. The molecular weight excluding hydrogens is 250 g/mol. The number of rotatable bonds is 2. The lowest BCUT2D eigenvalue weighted by Gasteiger charge is -2.19. The third kappa shape index (κ3) is 2.51. The van der Waals surface area contributed by atoms with Gasteiger partial charge in [0.25, 0.3) is 0 Å². The van der Waals surface area contributed by atoms with Crippen molar-refractivity contribution in [3.63, 3.8) is 0 Å². The fraction of sp³-hybridized carbons (Fsp3) is 0.417. The predicted molar refractivity (Wildman–Crippen MR) is 68.2 cm³/mol. The summed E-state index contributed by atoms with van der Waals surface area (Å²) in [6.45, 7) is 5.46. The first kappa shape index (κ1) is 12.6. The van der Waals surface area contributed by atoms with Crippen molar-refractivity contribution in [2.75, 3.05) is 0 Å². The summed E-state index contributed by atoms with van der Waals surface area (Å²) in [5, 5.41) is 14.9. The lowest BCUT2D eigenvalue weighted by Crippen LogP contribution is -2.26. The Bertz CT molecular complexity index is 628. The highest BCUT2D eigenvalue weighted by Crippen LogP contribution is 2.24. The number of hydrogen-bond donors (Lipinski definition) is 0. The fourth-order valence-electron chi connectivity index (χ4n) is 1.59. The molecule has 0 fully saturated rings. The topological polar surface area (TPSA) is 67.9 Å². The SMILES string of the molecule is CC(C)(C)OC(=O)Cn1nc(C#N)c2sccc21. The number of carbonyl (C=O) groups is 1. The van der Waals surface area contributed by atoms with Gasteiger partial charge in [-0.25, -0.2) is 0 Å². The first-order chi connectivity index (χ1) is 8.40. The molecule has 2 heterocycles. The van der Waals surface area contributed by atoms with Gasteiger partial charge in [0.15, 0.2) is 5.69 Å². The van der Waals surface area contributed by atoms with Crippen LogP contribution < -0.4 is 0 Å². The molecule has 0 atom stereocenters. The van der Waals surface area contributed by atoms with Crippen LogP contribution in [0.15, 0.2) is 11.4 Å². The van der Waals surface area contributed by atoms with Crippen LogP contribution in [0.25, 0.3) is 10.2 Å². The van der Waals surface area contributed by atoms with Crippen molar-refractivity contribution < 1.29 is 9.53 Å². The highest BCUT2D eigenvalue weighted by atomic mass is 32.1. The Balaban J connectivity index is 2.25. The Labute approximate surface area is 109 Å². The molecule has 6 heteroatoms. The maximum Gasteiger partial charge on any atom is 0.328 e. The molecule has 0 unspecified atom stereocenters. The second-order valence-electron chi connectivity index (χ2n) is 4.84. The molecule has 0 aliphatic heterocycles. The fourth-order valence-corrected chi connectivity index (χ4v) is 2.42. The molecule has 0 aromatic carbocycles. The first-order valence-corrected chi connectivity index (χ1v) is 6.34. The van der Waals surface area contributed by atoms with E-state index >= 15 is 0 Å². The normalized spacial score (nSPS) is 11.4. The molecular formula is C12H13N3O2S. The zero-order chi connectivity index (χ0) is 13.3. The Morgan fingerprint density at radius 3 is 2.94 bits per heavy atom. The molecule has 0 bridgehead atoms. The number of fused-ring (bicyclic) bond motifs is 1. The zero-order valence-electron chi connectivity index (χ0n) is 10.4. The van der Waals surface area contributed by atoms with E-state index in [0.29, 0.717) is 5.69 Å². The Morgan fingerprint density at radius 1 is 1.61 bits per heavy atom. The third-order valence-electron chi connectivity index (χ3n) is 2.16. The molecule has 0 aliphatic rings. The number of thiophene rings is 1. The van der Waals surface area contributed by atoms with Crippen molar-refractivity contribution in [1.29, 1.82) is 5.26 Å². The summed E-state index contributed by atoms with van der Waals surface area (Å²) in [5.41, 5.74) is 0.627. The van der Waals surface area contributed by atoms with Gasteiger partial charge in [-0.15, -0.1) is 11.3 Å². The lowest BCUT2D eigenvalue weighted by molar-refractivity contribution is -0.155. The van der Waals surface area contributed by atoms with Gasteiger partial charge in [-0.2, -0.15) is 10.4 Å². The number of hydrogen-bond acceptors (Lipinski definition) is 5. The van der Waals surface area contributed by atoms with Crippen LogP contribution in [0.5, 0.6) is 0 Å². The summed E-state index contributed by atoms with van der Waals surface area (Å²) < 4.78 is 7.55. The van der Waals surface area contributed by atoms with Crippen LogP contribution in [0.2, 0.25) is 0 Å². The molecule has 0 spiro atoms. The van der Waals surface area contributed by atoms with Crippen LogP contribution in [0.1, 0.15) is 26.5 Å². The van der Waals surface area contributed by atoms with Crippen molar-refractivity contribution in [3.8, 4) is 6.07 Å². The predicted octanol–water partition coefficient (Wildman–Crippen LogP) is 2.31. The maximum absolute atomic E-state index is 11.7. The zero-order valence-corrected chi connectivity index (χ0v) is 11.2. The molecule has 2 rings (SSSR count). The van der Waals surface area contributed by atoms with Crippen LogP contribution in [0.4, 0.5) is 0 Å². The number of ether oxygens (including phenoxy) is 1. The Hall–Kier alpha value is -1.87. The van der Waals surface area contributed by atoms with Gasteiger partial charge in [0.2, 0.25) is 0 Å². The van der Waals surface area contributed by atoms with Gasteiger partial charge in [0, 0.05) is 0 Å². The number of aromatic nitrogens is 2. The molecule has 5 nitrogen and oxygen atoms in total. The van der Waals surface area contributed by atoms with Crippen molar-refractivity contribution in [3.05, 3.63) is 17.1 Å². The monoisotopic (exact) mass is 263 g/mol. The van der Waals surface area contributed by atoms with E-state index in [2.05, 4.69) is 5.10 Å². The van der Waals surface area contributed by atoms with Crippen LogP contribution >= 0.6 is 11.3 Å². The molecule has 0 N–H and O–H groups in total. The Kier molecular flexibility index (Phi) is 3.09. The largest absolute Gasteiger partial charge is 0.459 e. The minimum absolute atomic E-state index is 0.0200. The number of nitriles is 1. The highest BCUT2D eigenvalue weighted by Gasteiger charge is 2.19. The van der Waals surface area contributed by atoms with Crippen LogP contribution in [0.3, 0.4) is 0 Å². The molecule has 18 heavy (non-hydrogen) atoms. The van der Waals surface area contributed by atoms with E-state index in [-0.39, 0.29) is 12.5 Å². The van der Waals surface area contributed by atoms with Crippen LogP contribution in [-0.4, -0.2) is 21.4 Å². The van der Waals surface area contributed by atoms with E-state index in [4.69, 9.17) is 10.00 Å². The van der Waals surface area contributed by atoms with Crippen LogP contribution in [0, 0.1) is 11.3 Å². The van der Waals surface area contributed by atoms with E-state index in [0.717, 1.165) is 10.2 Å². The second kappa shape index (κ2) is 4.42. The molecule has 0 amide bonds. The first-order valence-electron chi connectivity index (χ1n) is 5.46. The van der Waals surface area contributed by atoms with Gasteiger partial charge >= 0.3 is 5.97 Å². The Morgan fingerprint density at radius 2 is 2.33 bits per heavy atom. The number of esters is 1. The quantitative estimate of drug-likeness (QED) is 0.780. The van der Waals surface area contributed by atoms with E-state index in [1.807, 2.05) is 38.3 Å². The lowest BCUT2D eigenvalue weighted by atomic mass is 10.2. The van der Waals surface area contributed by atoms with Gasteiger partial charge in [0.05, 0.1) is 10.2 Å². The summed E-state index contributed by atoms with van der Waals surface area (Å²) in [6, 6.07) is 3.87. The number of nitrogens with zero attached hydrogens (tertiary/aromatic N) is 3. The van der Waals surface area contributed by atoms with Gasteiger partial charge in [-0.3, -0.25) is 9.48 Å². The second-order valence-corrected chi connectivity index (χ2v) is 5.76. The highest BCUT2D eigenvalue weighted by molar-refractivity contribution is 7.17. The van der Waals surface area contributed by atoms with Gasteiger partial charge in [0.1, 0.15) is 18.2 Å². The van der Waals surface area contributed by atoms with Crippen molar-refractivity contribution in [1.82, 2.24) is 9.78 Å². The van der Waals surface area contributed by atoms with Crippen molar-refractivity contribution in [2.24, 2.45) is 0 Å². The summed E-state index contributed by atoms with van der Waals surface area (Å²) in [5.74, 6) is -0.359. The minimum Gasteiger partial charge on any atom is -0.459 e. The van der Waals surface area contributed by atoms with E-state index in [1.54, 1.807) is 0 Å². The van der Waals surface area contributed by atoms with Crippen molar-refractivity contribution in [2.45, 2.75) is 32.9 Å². The molecule has 2 aromatic rings. The summed E-state index contributed by atoms with van der Waals surface area (Å²) in [6.07, 6.45) is 0. The molecule has 0 radical (unpaired) electrons. The maximum atomic E-state index is 11.7. The third-order valence-corrected chi connectivity index (χ3v) is 3.07. The van der Waals surface area contributed by atoms with Gasteiger partial charge in [-0.05, 0) is 32.2 Å². The molecule has 94 valence electrons. The van der Waals surface area contributed by atoms with Crippen LogP contribution in [-0.2, 0) is 16.1 Å². The van der Waals surface area contributed by atoms with Crippen molar-refractivity contribution >= 4 is 27.5 Å². The van der Waals surface area contributed by atoms with Gasteiger partial charge < -0.3 is 4.74 Å².